The first-order valence-corrected chi connectivity index (χ1v) is 16.4. The van der Waals surface area contributed by atoms with E-state index in [1.165, 1.54) is 4.90 Å². The number of allylic oxidation sites excluding steroid dienone is 1. The Kier molecular flexibility index (Phi) is 10.6. The zero-order chi connectivity index (χ0) is 33.7. The molecule has 3 aliphatic rings. The number of aliphatic hydroxyl groups is 1. The number of amides is 3. The minimum atomic E-state index is -1.25. The molecule has 47 heavy (non-hydrogen) atoms. The number of aliphatic hydroxyl groups excluding tert-OH is 1. The molecule has 3 heterocycles. The molecular weight excluding hydrogens is 598 g/mol. The molecule has 3 saturated heterocycles. The average molecular weight is 644 g/mol. The van der Waals surface area contributed by atoms with Gasteiger partial charge in [0, 0.05) is 19.0 Å². The minimum Gasteiger partial charge on any atom is -0.463 e. The highest BCUT2D eigenvalue weighted by atomic mass is 16.5. The fourth-order valence-corrected chi connectivity index (χ4v) is 7.53. The predicted molar refractivity (Wildman–Crippen MR) is 175 cm³/mol. The number of ether oxygens (including phenoxy) is 2. The monoisotopic (exact) mass is 643 g/mol. The molecule has 0 saturated carbocycles. The van der Waals surface area contributed by atoms with E-state index >= 15 is 0 Å². The van der Waals surface area contributed by atoms with E-state index in [2.05, 4.69) is 18.5 Å². The highest BCUT2D eigenvalue weighted by Gasteiger charge is 2.75. The second-order valence-electron chi connectivity index (χ2n) is 12.8. The van der Waals surface area contributed by atoms with Crippen LogP contribution in [0.3, 0.4) is 0 Å². The molecule has 2 aromatic rings. The van der Waals surface area contributed by atoms with Crippen molar-refractivity contribution in [3.63, 3.8) is 0 Å². The lowest BCUT2D eigenvalue weighted by molar-refractivity contribution is -0.152. The number of likely N-dealkylation sites (tertiary alicyclic amines) is 1. The number of benzene rings is 2. The minimum absolute atomic E-state index is 0.0908. The first kappa shape index (κ1) is 34.1. The van der Waals surface area contributed by atoms with Crippen molar-refractivity contribution in [3.8, 4) is 0 Å². The summed E-state index contributed by atoms with van der Waals surface area (Å²) in [6.07, 6.45) is 4.26. The summed E-state index contributed by atoms with van der Waals surface area (Å²) >= 11 is 0. The number of hydrogen-bond donors (Lipinski definition) is 2. The van der Waals surface area contributed by atoms with Gasteiger partial charge in [-0.2, -0.15) is 0 Å². The van der Waals surface area contributed by atoms with Crippen molar-refractivity contribution in [1.82, 2.24) is 15.1 Å². The summed E-state index contributed by atoms with van der Waals surface area (Å²) in [4.78, 5) is 59.0. The van der Waals surface area contributed by atoms with Crippen LogP contribution in [0.1, 0.15) is 62.7 Å². The van der Waals surface area contributed by atoms with Crippen LogP contribution in [-0.4, -0.2) is 82.1 Å². The van der Waals surface area contributed by atoms with Crippen LogP contribution in [0.25, 0.3) is 0 Å². The number of carbonyl (C=O) groups is 4. The van der Waals surface area contributed by atoms with Crippen LogP contribution >= 0.6 is 0 Å². The maximum Gasteiger partial charge on any atom is 0.306 e. The Morgan fingerprint density at radius 1 is 1.09 bits per heavy atom. The molecule has 5 rings (SSSR count). The van der Waals surface area contributed by atoms with Crippen molar-refractivity contribution in [2.75, 3.05) is 19.8 Å². The van der Waals surface area contributed by atoms with Gasteiger partial charge >= 0.3 is 5.97 Å². The van der Waals surface area contributed by atoms with E-state index in [0.29, 0.717) is 24.8 Å². The summed E-state index contributed by atoms with van der Waals surface area (Å²) in [7, 11) is 0. The van der Waals surface area contributed by atoms with Crippen LogP contribution in [0.2, 0.25) is 0 Å². The smallest absolute Gasteiger partial charge is 0.306 e. The Labute approximate surface area is 276 Å². The van der Waals surface area contributed by atoms with E-state index in [1.54, 1.807) is 17.1 Å². The van der Waals surface area contributed by atoms with Crippen molar-refractivity contribution < 1.29 is 33.8 Å². The molecule has 2 N–H and O–H groups in total. The fourth-order valence-electron chi connectivity index (χ4n) is 7.53. The van der Waals surface area contributed by atoms with Crippen molar-refractivity contribution in [3.05, 3.63) is 97.1 Å². The molecule has 3 fully saturated rings. The van der Waals surface area contributed by atoms with Gasteiger partial charge in [0.1, 0.15) is 18.2 Å². The number of nitrogens with zero attached hydrogens (tertiary/aromatic N) is 2. The second-order valence-corrected chi connectivity index (χ2v) is 12.8. The lowest BCUT2D eigenvalue weighted by Gasteiger charge is -2.40. The van der Waals surface area contributed by atoms with E-state index in [0.717, 1.165) is 5.56 Å². The van der Waals surface area contributed by atoms with E-state index in [9.17, 15) is 24.3 Å². The van der Waals surface area contributed by atoms with Gasteiger partial charge in [0.15, 0.2) is 0 Å². The van der Waals surface area contributed by atoms with Crippen molar-refractivity contribution >= 4 is 23.7 Å². The maximum absolute atomic E-state index is 14.7. The van der Waals surface area contributed by atoms with Gasteiger partial charge in [0.05, 0.1) is 36.6 Å². The lowest BCUT2D eigenvalue weighted by atomic mass is 9.70. The molecule has 0 aliphatic carbocycles. The predicted octanol–water partition coefficient (Wildman–Crippen LogP) is 3.88. The molecule has 3 aliphatic heterocycles. The zero-order valence-corrected chi connectivity index (χ0v) is 27.1. The average Bonchev–Trinajstić information content (AvgIpc) is 3.73. The molecule has 0 unspecified atom stereocenters. The third-order valence-corrected chi connectivity index (χ3v) is 9.68. The molecule has 0 radical (unpaired) electrons. The number of esters is 1. The number of carbonyl (C=O) groups excluding carboxylic acids is 4. The van der Waals surface area contributed by atoms with Crippen LogP contribution in [0.5, 0.6) is 0 Å². The topological polar surface area (TPSA) is 125 Å². The molecule has 7 atom stereocenters. The van der Waals surface area contributed by atoms with Gasteiger partial charge in [-0.3, -0.25) is 19.2 Å². The molecule has 250 valence electrons. The quantitative estimate of drug-likeness (QED) is 0.223. The molecule has 3 amide bonds. The van der Waals surface area contributed by atoms with Gasteiger partial charge < -0.3 is 29.7 Å². The molecular formula is C37H45N3O7. The second kappa shape index (κ2) is 14.6. The highest BCUT2D eigenvalue weighted by molar-refractivity contribution is 5.99. The van der Waals surface area contributed by atoms with E-state index in [4.69, 9.17) is 9.47 Å². The Balaban J connectivity index is 1.50. The van der Waals surface area contributed by atoms with Crippen LogP contribution in [0.15, 0.2) is 86.0 Å². The third kappa shape index (κ3) is 6.49. The van der Waals surface area contributed by atoms with Crippen molar-refractivity contribution in [2.24, 2.45) is 11.8 Å². The third-order valence-electron chi connectivity index (χ3n) is 9.68. The van der Waals surface area contributed by atoms with Crippen LogP contribution in [0, 0.1) is 11.8 Å². The number of rotatable bonds is 15. The summed E-state index contributed by atoms with van der Waals surface area (Å²) in [6.45, 7) is 11.0. The highest BCUT2D eigenvalue weighted by Crippen LogP contribution is 2.60. The number of fused-ring (bicyclic) bond motifs is 1. The molecule has 0 aromatic heterocycles. The summed E-state index contributed by atoms with van der Waals surface area (Å²) in [6, 6.07) is 15.6. The van der Waals surface area contributed by atoms with Crippen molar-refractivity contribution in [2.45, 2.75) is 75.4 Å². The zero-order valence-electron chi connectivity index (χ0n) is 27.1. The Bertz CT molecular complexity index is 1460. The normalized spacial score (nSPS) is 25.6. The van der Waals surface area contributed by atoms with Gasteiger partial charge in [-0.25, -0.2) is 0 Å². The van der Waals surface area contributed by atoms with E-state index in [1.807, 2.05) is 74.5 Å². The van der Waals surface area contributed by atoms with Gasteiger partial charge in [0.2, 0.25) is 17.7 Å². The van der Waals surface area contributed by atoms with Gasteiger partial charge in [-0.15, -0.1) is 13.2 Å². The standard InChI is InChI=1S/C37H45N3O7/c1-5-7-18-30(42)46-23-27(25-14-10-8-11-15-25)38-34(43)31-29-19-20-37(47-29)32(31)35(44)40(28(22-41)26-16-12-9-13-17-26)33(37)36(45)39(21-6-2)24(3)4/h5-6,8-17,24,27-29,31-33,41H,1-2,7,18-23H2,3-4H3,(H,38,43)/t27-,28+,29+,31-,32-,33+,37-/m0/s1. The van der Waals surface area contributed by atoms with E-state index in [-0.39, 0.29) is 31.5 Å². The Hall–Kier alpha value is -4.28. The van der Waals surface area contributed by atoms with Gasteiger partial charge in [-0.1, -0.05) is 72.8 Å². The fraction of sp³-hybridized carbons (Fsp3) is 0.459. The maximum atomic E-state index is 14.7. The molecule has 2 aromatic carbocycles. The van der Waals surface area contributed by atoms with Crippen LogP contribution < -0.4 is 5.32 Å². The summed E-state index contributed by atoms with van der Waals surface area (Å²) in [5.74, 6) is -3.36. The van der Waals surface area contributed by atoms with E-state index < -0.39 is 66.1 Å². The SMILES string of the molecule is C=CCCC(=O)OC[C@H](NC(=O)[C@@H]1[C@H]2C(=O)N([C@H](CO)c3ccccc3)[C@H](C(=O)N(CC=C)C(C)C)[C@]23CC[C@H]1O3)c1ccccc1. The first-order chi connectivity index (χ1) is 22.7. The Morgan fingerprint density at radius 3 is 2.34 bits per heavy atom. The molecule has 1 spiro atoms. The lowest BCUT2D eigenvalue weighted by Crippen LogP contribution is -2.58. The summed E-state index contributed by atoms with van der Waals surface area (Å²) in [5, 5.41) is 13.8. The molecule has 10 nitrogen and oxygen atoms in total. The summed E-state index contributed by atoms with van der Waals surface area (Å²) in [5.41, 5.74) is 0.164. The van der Waals surface area contributed by atoms with Crippen LogP contribution in [-0.2, 0) is 28.7 Å². The summed E-state index contributed by atoms with van der Waals surface area (Å²) < 4.78 is 12.2. The Morgan fingerprint density at radius 2 is 1.74 bits per heavy atom. The van der Waals surface area contributed by atoms with Gasteiger partial charge in [-0.05, 0) is 44.2 Å². The van der Waals surface area contributed by atoms with Gasteiger partial charge in [0.25, 0.3) is 0 Å². The van der Waals surface area contributed by atoms with Crippen LogP contribution in [0.4, 0.5) is 0 Å². The molecule has 10 heteroatoms. The number of nitrogens with one attached hydrogen (secondary N) is 1. The largest absolute Gasteiger partial charge is 0.463 e. The first-order valence-electron chi connectivity index (χ1n) is 16.4. The molecule has 2 bridgehead atoms. The number of hydrogen-bond acceptors (Lipinski definition) is 7. The van der Waals surface area contributed by atoms with Crippen molar-refractivity contribution in [1.29, 1.82) is 0 Å².